The van der Waals surface area contributed by atoms with Crippen LogP contribution < -0.4 is 21.3 Å². The predicted molar refractivity (Wildman–Crippen MR) is 177 cm³/mol. The lowest BCUT2D eigenvalue weighted by atomic mass is 10.0. The van der Waals surface area contributed by atoms with E-state index in [0.29, 0.717) is 18.5 Å². The van der Waals surface area contributed by atoms with Crippen LogP contribution in [0.4, 0.5) is 4.79 Å². The summed E-state index contributed by atoms with van der Waals surface area (Å²) in [5.74, 6) is -2.02. The average molecular weight is 631 g/mol. The predicted octanol–water partition coefficient (Wildman–Crippen LogP) is 4.40. The molecule has 3 aromatic rings. The van der Waals surface area contributed by atoms with Crippen LogP contribution in [0.2, 0.25) is 0 Å². The first-order valence-corrected chi connectivity index (χ1v) is 15.8. The molecule has 0 radical (unpaired) electrons. The van der Waals surface area contributed by atoms with Crippen molar-refractivity contribution in [3.8, 4) is 5.75 Å². The van der Waals surface area contributed by atoms with Crippen molar-refractivity contribution in [1.29, 1.82) is 0 Å². The van der Waals surface area contributed by atoms with Gasteiger partial charge in [-0.1, -0.05) is 106 Å². The van der Waals surface area contributed by atoms with Crippen LogP contribution in [-0.4, -0.2) is 53.6 Å². The van der Waals surface area contributed by atoms with Gasteiger partial charge in [0, 0.05) is 6.42 Å². The van der Waals surface area contributed by atoms with E-state index in [9.17, 15) is 24.3 Å². The van der Waals surface area contributed by atoms with E-state index < -0.39 is 41.9 Å². The third-order valence-electron chi connectivity index (χ3n) is 7.50. The molecule has 0 aromatic heterocycles. The number of imide groups is 1. The Morgan fingerprint density at radius 2 is 1.35 bits per heavy atom. The van der Waals surface area contributed by atoms with E-state index in [1.807, 2.05) is 67.6 Å². The van der Waals surface area contributed by atoms with Crippen molar-refractivity contribution >= 4 is 23.8 Å². The van der Waals surface area contributed by atoms with Gasteiger partial charge in [0.25, 0.3) is 0 Å². The van der Waals surface area contributed by atoms with E-state index in [4.69, 9.17) is 4.74 Å². The minimum Gasteiger partial charge on any atom is -0.508 e. The molecule has 0 aliphatic rings. The lowest BCUT2D eigenvalue weighted by molar-refractivity contribution is -0.135. The number of ether oxygens (including phenoxy) is 1. The number of phenols is 1. The standard InChI is InChI=1S/C36H46N4O6/c1-4-5-16-30(37-22-21-26-12-8-6-9-13-26)33(42)40-34(43)31(23-27-17-19-29(41)20-18-27)38-35(44)32(25(2)3)39-36(45)46-24-28-14-10-7-11-15-28/h6-15,17-20,25,30-32,37,41H,4-5,16,21-24H2,1-3H3,(H,38,44)(H,39,45)(H,40,42,43)/t30-,31-,32-/m0/s1. The van der Waals surface area contributed by atoms with Crippen molar-refractivity contribution in [1.82, 2.24) is 21.3 Å². The number of unbranched alkanes of at least 4 members (excludes halogenated alkanes) is 1. The van der Waals surface area contributed by atoms with Crippen molar-refractivity contribution in [3.63, 3.8) is 0 Å². The molecule has 0 unspecified atom stereocenters. The lowest BCUT2D eigenvalue weighted by Crippen LogP contribution is -2.58. The number of carbonyl (C=O) groups excluding carboxylic acids is 4. The number of hydrogen-bond donors (Lipinski definition) is 5. The Balaban J connectivity index is 1.69. The van der Waals surface area contributed by atoms with Crippen LogP contribution in [0.3, 0.4) is 0 Å². The second-order valence-electron chi connectivity index (χ2n) is 11.6. The van der Waals surface area contributed by atoms with Crippen LogP contribution in [-0.2, 0) is 38.6 Å². The molecule has 0 bridgehead atoms. The zero-order chi connectivity index (χ0) is 33.3. The highest BCUT2D eigenvalue weighted by Gasteiger charge is 2.31. The third-order valence-corrected chi connectivity index (χ3v) is 7.50. The van der Waals surface area contributed by atoms with Crippen LogP contribution in [0.1, 0.15) is 56.7 Å². The van der Waals surface area contributed by atoms with Crippen molar-refractivity contribution in [3.05, 3.63) is 102 Å². The summed E-state index contributed by atoms with van der Waals surface area (Å²) in [5.41, 5.74) is 2.59. The van der Waals surface area contributed by atoms with Crippen LogP contribution in [0.25, 0.3) is 0 Å². The SMILES string of the molecule is CCCC[C@H](NCCc1ccccc1)C(=O)NC(=O)[C@H](Cc1ccc(O)cc1)NC(=O)[C@@H](NC(=O)OCc1ccccc1)C(C)C. The zero-order valence-electron chi connectivity index (χ0n) is 26.8. The van der Waals surface area contributed by atoms with Gasteiger partial charge in [-0.15, -0.1) is 0 Å². The molecule has 0 aliphatic carbocycles. The van der Waals surface area contributed by atoms with E-state index >= 15 is 0 Å². The van der Waals surface area contributed by atoms with Gasteiger partial charge in [-0.05, 0) is 54.1 Å². The van der Waals surface area contributed by atoms with Gasteiger partial charge in [0.1, 0.15) is 24.4 Å². The summed E-state index contributed by atoms with van der Waals surface area (Å²) in [5, 5.41) is 20.9. The van der Waals surface area contributed by atoms with Gasteiger partial charge in [-0.2, -0.15) is 0 Å². The van der Waals surface area contributed by atoms with Gasteiger partial charge in [0.2, 0.25) is 17.7 Å². The Morgan fingerprint density at radius 3 is 1.96 bits per heavy atom. The Hall–Kier alpha value is -4.70. The Bertz CT molecular complexity index is 1380. The first kappa shape index (κ1) is 35.8. The normalized spacial score (nSPS) is 12.9. The molecule has 3 rings (SSSR count). The molecule has 4 amide bonds. The summed E-state index contributed by atoms with van der Waals surface area (Å²) in [6.07, 6.45) is 2.23. The highest BCUT2D eigenvalue weighted by Crippen LogP contribution is 2.13. The number of nitrogens with one attached hydrogen (secondary N) is 4. The summed E-state index contributed by atoms with van der Waals surface area (Å²) in [6.45, 7) is 6.14. The van der Waals surface area contributed by atoms with E-state index in [0.717, 1.165) is 30.4 Å². The summed E-state index contributed by atoms with van der Waals surface area (Å²) in [7, 11) is 0. The lowest BCUT2D eigenvalue weighted by Gasteiger charge is -2.26. The monoisotopic (exact) mass is 630 g/mol. The molecule has 0 fully saturated rings. The molecule has 0 saturated heterocycles. The molecule has 0 saturated carbocycles. The molecule has 3 atom stereocenters. The molecule has 0 spiro atoms. The maximum Gasteiger partial charge on any atom is 0.408 e. The number of alkyl carbamates (subject to hydrolysis) is 1. The largest absolute Gasteiger partial charge is 0.508 e. The molecule has 46 heavy (non-hydrogen) atoms. The van der Waals surface area contributed by atoms with Crippen LogP contribution >= 0.6 is 0 Å². The highest BCUT2D eigenvalue weighted by molar-refractivity contribution is 6.01. The first-order valence-electron chi connectivity index (χ1n) is 15.8. The molecule has 246 valence electrons. The van der Waals surface area contributed by atoms with E-state index in [-0.39, 0.29) is 24.7 Å². The van der Waals surface area contributed by atoms with Gasteiger partial charge < -0.3 is 25.8 Å². The fourth-order valence-electron chi connectivity index (χ4n) is 4.83. The molecule has 3 aromatic carbocycles. The zero-order valence-corrected chi connectivity index (χ0v) is 26.8. The van der Waals surface area contributed by atoms with E-state index in [1.54, 1.807) is 26.0 Å². The number of aromatic hydroxyl groups is 1. The topological polar surface area (TPSA) is 146 Å². The second-order valence-corrected chi connectivity index (χ2v) is 11.6. The quantitative estimate of drug-likeness (QED) is 0.149. The van der Waals surface area contributed by atoms with Crippen LogP contribution in [0, 0.1) is 5.92 Å². The summed E-state index contributed by atoms with van der Waals surface area (Å²) in [4.78, 5) is 53.0. The molecule has 10 heteroatoms. The van der Waals surface area contributed by atoms with Crippen LogP contribution in [0.15, 0.2) is 84.9 Å². The third kappa shape index (κ3) is 12.4. The fourth-order valence-corrected chi connectivity index (χ4v) is 4.83. The number of carbonyl (C=O) groups is 4. The summed E-state index contributed by atoms with van der Waals surface area (Å²) in [6, 6.07) is 22.6. The Labute approximate surface area is 271 Å². The summed E-state index contributed by atoms with van der Waals surface area (Å²) < 4.78 is 5.31. The summed E-state index contributed by atoms with van der Waals surface area (Å²) >= 11 is 0. The van der Waals surface area contributed by atoms with Gasteiger partial charge >= 0.3 is 6.09 Å². The molecule has 5 N–H and O–H groups in total. The molecule has 0 aliphatic heterocycles. The number of rotatable bonds is 17. The maximum atomic E-state index is 13.6. The van der Waals surface area contributed by atoms with Crippen molar-refractivity contribution in [2.75, 3.05) is 6.54 Å². The van der Waals surface area contributed by atoms with E-state index in [1.165, 1.54) is 12.1 Å². The van der Waals surface area contributed by atoms with Crippen molar-refractivity contribution < 1.29 is 29.0 Å². The minimum absolute atomic E-state index is 0.0334. The second kappa shape index (κ2) is 19.0. The molecular weight excluding hydrogens is 584 g/mol. The number of benzene rings is 3. The van der Waals surface area contributed by atoms with Crippen molar-refractivity contribution in [2.45, 2.75) is 77.6 Å². The van der Waals surface area contributed by atoms with Gasteiger partial charge in [0.15, 0.2) is 0 Å². The maximum absolute atomic E-state index is 13.6. The number of amides is 4. The highest BCUT2D eigenvalue weighted by atomic mass is 16.5. The van der Waals surface area contributed by atoms with Crippen LogP contribution in [0.5, 0.6) is 5.75 Å². The van der Waals surface area contributed by atoms with Gasteiger partial charge in [0.05, 0.1) is 6.04 Å². The first-order chi connectivity index (χ1) is 22.2. The fraction of sp³-hybridized carbons (Fsp3) is 0.389. The number of hydrogen-bond acceptors (Lipinski definition) is 7. The molecule has 0 heterocycles. The minimum atomic E-state index is -1.14. The smallest absolute Gasteiger partial charge is 0.408 e. The van der Waals surface area contributed by atoms with Gasteiger partial charge in [-0.25, -0.2) is 4.79 Å². The molecular formula is C36H46N4O6. The van der Waals surface area contributed by atoms with Crippen molar-refractivity contribution in [2.24, 2.45) is 5.92 Å². The van der Waals surface area contributed by atoms with Gasteiger partial charge in [-0.3, -0.25) is 19.7 Å². The molecule has 10 nitrogen and oxygen atoms in total. The Morgan fingerprint density at radius 1 is 0.739 bits per heavy atom. The van der Waals surface area contributed by atoms with E-state index in [2.05, 4.69) is 21.3 Å². The average Bonchev–Trinajstić information content (AvgIpc) is 3.05. The Kier molecular flexibility index (Phi) is 14.7. The number of phenolic OH excluding ortho intramolecular Hbond substituents is 1.